The number of anilines is 2. The van der Waals surface area contributed by atoms with E-state index in [2.05, 4.69) is 10.2 Å². The van der Waals surface area contributed by atoms with Gasteiger partial charge in [0.1, 0.15) is 17.3 Å². The Hall–Kier alpha value is -2.50. The molecule has 3 rings (SSSR count). The maximum Gasteiger partial charge on any atom is 0.276 e. The Kier molecular flexibility index (Phi) is 2.63. The summed E-state index contributed by atoms with van der Waals surface area (Å²) in [6.07, 6.45) is 0.704. The molecule has 2 heterocycles. The average Bonchev–Trinajstić information content (AvgIpc) is 2.82. The molecule has 0 saturated carbocycles. The molecular weight excluding hydrogens is 244 g/mol. The lowest BCUT2D eigenvalue weighted by Crippen LogP contribution is -2.37. The van der Waals surface area contributed by atoms with Gasteiger partial charge in [0, 0.05) is 17.8 Å². The van der Waals surface area contributed by atoms with Gasteiger partial charge in [-0.05, 0) is 30.7 Å². The van der Waals surface area contributed by atoms with Crippen LogP contribution >= 0.6 is 0 Å². The van der Waals surface area contributed by atoms with E-state index < -0.39 is 0 Å². The van der Waals surface area contributed by atoms with E-state index in [0.717, 1.165) is 17.0 Å². The highest BCUT2D eigenvalue weighted by atomic mass is 16.5. The highest BCUT2D eigenvalue weighted by Gasteiger charge is 2.29. The molecule has 1 aliphatic heterocycles. The summed E-state index contributed by atoms with van der Waals surface area (Å²) in [5.41, 5.74) is 7.85. The fraction of sp³-hybridized carbons (Fsp3) is 0.231. The second kappa shape index (κ2) is 4.31. The molecule has 0 radical (unpaired) electrons. The number of H-pyrrole nitrogens is 1. The quantitative estimate of drug-likeness (QED) is 0.847. The van der Waals surface area contributed by atoms with E-state index in [1.807, 2.05) is 24.3 Å². The van der Waals surface area contributed by atoms with Gasteiger partial charge in [-0.1, -0.05) is 0 Å². The zero-order chi connectivity index (χ0) is 13.4. The molecule has 3 N–H and O–H groups in total. The van der Waals surface area contributed by atoms with Crippen LogP contribution in [-0.2, 0) is 6.42 Å². The van der Waals surface area contributed by atoms with Crippen molar-refractivity contribution >= 4 is 17.4 Å². The highest BCUT2D eigenvalue weighted by molar-refractivity contribution is 6.07. The molecule has 1 aliphatic rings. The molecule has 0 saturated heterocycles. The lowest BCUT2D eigenvalue weighted by molar-refractivity contribution is 0.0976. The van der Waals surface area contributed by atoms with Crippen molar-refractivity contribution in [2.24, 2.45) is 0 Å². The van der Waals surface area contributed by atoms with Crippen LogP contribution in [0.2, 0.25) is 0 Å². The lowest BCUT2D eigenvalue weighted by Gasteiger charge is -2.26. The van der Waals surface area contributed by atoms with Crippen molar-refractivity contribution in [3.05, 3.63) is 35.5 Å². The molecule has 0 bridgehead atoms. The minimum atomic E-state index is -0.101. The molecular formula is C13H14N4O2. The number of hydrogen-bond acceptors (Lipinski definition) is 4. The van der Waals surface area contributed by atoms with E-state index in [1.165, 1.54) is 0 Å². The first-order chi connectivity index (χ1) is 9.20. The molecule has 0 aliphatic carbocycles. The summed E-state index contributed by atoms with van der Waals surface area (Å²) < 4.78 is 5.11. The Balaban J connectivity index is 1.93. The number of methoxy groups -OCH3 is 1. The number of rotatable bonds is 2. The first kappa shape index (κ1) is 11.6. The van der Waals surface area contributed by atoms with Crippen LogP contribution in [0.4, 0.5) is 11.5 Å². The van der Waals surface area contributed by atoms with E-state index in [1.54, 1.807) is 12.0 Å². The number of nitrogens with one attached hydrogen (secondary N) is 1. The number of benzene rings is 1. The highest BCUT2D eigenvalue weighted by Crippen LogP contribution is 2.27. The molecule has 6 heteroatoms. The molecule has 0 spiro atoms. The Bertz CT molecular complexity index is 618. The van der Waals surface area contributed by atoms with Gasteiger partial charge in [-0.25, -0.2) is 0 Å². The molecule has 0 unspecified atom stereocenters. The van der Waals surface area contributed by atoms with Crippen molar-refractivity contribution in [2.45, 2.75) is 6.42 Å². The van der Waals surface area contributed by atoms with Crippen molar-refractivity contribution in [2.75, 3.05) is 24.3 Å². The van der Waals surface area contributed by atoms with Crippen LogP contribution in [0.3, 0.4) is 0 Å². The fourth-order valence-electron chi connectivity index (χ4n) is 2.28. The number of nitrogen functional groups attached to an aromatic ring is 1. The van der Waals surface area contributed by atoms with Crippen molar-refractivity contribution in [1.29, 1.82) is 0 Å². The number of carbonyl (C=O) groups excluding carboxylic acids is 1. The van der Waals surface area contributed by atoms with Crippen LogP contribution in [0.25, 0.3) is 0 Å². The molecule has 0 atom stereocenters. The smallest absolute Gasteiger partial charge is 0.276 e. The van der Waals surface area contributed by atoms with Crippen LogP contribution < -0.4 is 15.4 Å². The van der Waals surface area contributed by atoms with Gasteiger partial charge in [0.15, 0.2) is 0 Å². The minimum Gasteiger partial charge on any atom is -0.497 e. The minimum absolute atomic E-state index is 0.101. The summed E-state index contributed by atoms with van der Waals surface area (Å²) in [5.74, 6) is 1.08. The molecule has 0 fully saturated rings. The monoisotopic (exact) mass is 258 g/mol. The van der Waals surface area contributed by atoms with Gasteiger partial charge < -0.3 is 15.4 Å². The van der Waals surface area contributed by atoms with Gasteiger partial charge in [-0.3, -0.25) is 9.89 Å². The normalized spacial score (nSPS) is 14.4. The molecule has 1 amide bonds. The van der Waals surface area contributed by atoms with Gasteiger partial charge in [-0.15, -0.1) is 0 Å². The average molecular weight is 258 g/mol. The SMILES string of the molecule is COc1ccc(N2CCc3c(N)n[nH]c3C2=O)cc1. The first-order valence-corrected chi connectivity index (χ1v) is 5.99. The number of ether oxygens (including phenoxy) is 1. The van der Waals surface area contributed by atoms with Gasteiger partial charge in [0.05, 0.1) is 7.11 Å². The number of carbonyl (C=O) groups is 1. The first-order valence-electron chi connectivity index (χ1n) is 5.99. The number of aromatic nitrogens is 2. The molecule has 1 aromatic heterocycles. The van der Waals surface area contributed by atoms with Gasteiger partial charge >= 0.3 is 0 Å². The van der Waals surface area contributed by atoms with Crippen LogP contribution in [0.5, 0.6) is 5.75 Å². The van der Waals surface area contributed by atoms with Crippen molar-refractivity contribution in [3.8, 4) is 5.75 Å². The number of nitrogens with two attached hydrogens (primary N) is 1. The predicted molar refractivity (Wildman–Crippen MR) is 71.4 cm³/mol. The number of hydrogen-bond donors (Lipinski definition) is 2. The standard InChI is InChI=1S/C13H14N4O2/c1-19-9-4-2-8(3-5-9)17-7-6-10-11(13(17)18)15-16-12(10)14/h2-5H,6-7H2,1H3,(H3,14,15,16). The Morgan fingerprint density at radius 2 is 2.11 bits per heavy atom. The van der Waals surface area contributed by atoms with Gasteiger partial charge in [-0.2, -0.15) is 5.10 Å². The van der Waals surface area contributed by atoms with Crippen molar-refractivity contribution in [3.63, 3.8) is 0 Å². The van der Waals surface area contributed by atoms with Gasteiger partial charge in [0.25, 0.3) is 5.91 Å². The van der Waals surface area contributed by atoms with Crippen LogP contribution in [0.1, 0.15) is 16.1 Å². The van der Waals surface area contributed by atoms with E-state index in [0.29, 0.717) is 24.5 Å². The fourth-order valence-corrected chi connectivity index (χ4v) is 2.28. The summed E-state index contributed by atoms with van der Waals surface area (Å²) in [6, 6.07) is 7.39. The van der Waals surface area contributed by atoms with E-state index in [4.69, 9.17) is 10.5 Å². The maximum atomic E-state index is 12.4. The zero-order valence-corrected chi connectivity index (χ0v) is 10.5. The summed E-state index contributed by atoms with van der Waals surface area (Å²) in [6.45, 7) is 0.599. The van der Waals surface area contributed by atoms with Crippen LogP contribution in [0, 0.1) is 0 Å². The summed E-state index contributed by atoms with van der Waals surface area (Å²) in [5, 5.41) is 6.60. The zero-order valence-electron chi connectivity index (χ0n) is 10.5. The lowest BCUT2D eigenvalue weighted by atomic mass is 10.1. The molecule has 19 heavy (non-hydrogen) atoms. The second-order valence-electron chi connectivity index (χ2n) is 4.37. The van der Waals surface area contributed by atoms with E-state index in [9.17, 15) is 4.79 Å². The number of aromatic amines is 1. The molecule has 98 valence electrons. The van der Waals surface area contributed by atoms with E-state index >= 15 is 0 Å². The van der Waals surface area contributed by atoms with Crippen LogP contribution in [0.15, 0.2) is 24.3 Å². The Labute approximate surface area is 110 Å². The molecule has 1 aromatic carbocycles. The summed E-state index contributed by atoms with van der Waals surface area (Å²) in [4.78, 5) is 14.1. The maximum absolute atomic E-state index is 12.4. The number of amides is 1. The third kappa shape index (κ3) is 1.81. The second-order valence-corrected chi connectivity index (χ2v) is 4.37. The van der Waals surface area contributed by atoms with Gasteiger partial charge in [0.2, 0.25) is 0 Å². The third-order valence-electron chi connectivity index (χ3n) is 3.33. The largest absolute Gasteiger partial charge is 0.497 e. The Morgan fingerprint density at radius 3 is 2.79 bits per heavy atom. The molecule has 6 nitrogen and oxygen atoms in total. The van der Waals surface area contributed by atoms with Crippen molar-refractivity contribution < 1.29 is 9.53 Å². The third-order valence-corrected chi connectivity index (χ3v) is 3.33. The van der Waals surface area contributed by atoms with Crippen LogP contribution in [-0.4, -0.2) is 29.8 Å². The van der Waals surface area contributed by atoms with Crippen molar-refractivity contribution in [1.82, 2.24) is 10.2 Å². The topological polar surface area (TPSA) is 84.2 Å². The number of fused-ring (bicyclic) bond motifs is 1. The summed E-state index contributed by atoms with van der Waals surface area (Å²) >= 11 is 0. The number of nitrogens with zero attached hydrogens (tertiary/aromatic N) is 2. The van der Waals surface area contributed by atoms with E-state index in [-0.39, 0.29) is 5.91 Å². The molecule has 2 aromatic rings. The summed E-state index contributed by atoms with van der Waals surface area (Å²) in [7, 11) is 1.61. The Morgan fingerprint density at radius 1 is 1.37 bits per heavy atom. The predicted octanol–water partition coefficient (Wildman–Crippen LogP) is 1.20.